The van der Waals surface area contributed by atoms with Crippen LogP contribution < -0.4 is 14.2 Å². The zero-order valence-electron chi connectivity index (χ0n) is 35.3. The molecule has 0 aliphatic heterocycles. The van der Waals surface area contributed by atoms with Crippen molar-refractivity contribution in [1.82, 2.24) is 0 Å². The van der Waals surface area contributed by atoms with Crippen molar-refractivity contribution in [2.45, 2.75) is 111 Å². The fourth-order valence-electron chi connectivity index (χ4n) is 6.31. The predicted octanol–water partition coefficient (Wildman–Crippen LogP) is 15.2. The van der Waals surface area contributed by atoms with E-state index in [1.807, 2.05) is 97.2 Å². The number of aryl methyl sites for hydroxylation is 1. The van der Waals surface area contributed by atoms with E-state index in [0.29, 0.717) is 17.9 Å². The molecule has 0 aliphatic carbocycles. The molecule has 0 amide bonds. The lowest BCUT2D eigenvalue weighted by Gasteiger charge is -2.08. The number of aliphatic imine (C=N–C) groups is 1. The van der Waals surface area contributed by atoms with Crippen LogP contribution in [0.1, 0.15) is 131 Å². The van der Waals surface area contributed by atoms with Crippen LogP contribution in [0.2, 0.25) is 0 Å². The number of unbranched alkanes of at least 4 members (excludes halogenated alkanes) is 12. The van der Waals surface area contributed by atoms with Crippen molar-refractivity contribution in [2.75, 3.05) is 13.2 Å². The van der Waals surface area contributed by atoms with Gasteiger partial charge in [-0.1, -0.05) is 158 Å². The second kappa shape index (κ2) is 27.3. The number of hydrogen-bond acceptors (Lipinski definition) is 5. The molecule has 0 saturated carbocycles. The first-order valence-electron chi connectivity index (χ1n) is 21.6. The number of esters is 1. The topological polar surface area (TPSA) is 57.1 Å². The Morgan fingerprint density at radius 2 is 0.948 bits per heavy atom. The van der Waals surface area contributed by atoms with E-state index >= 15 is 0 Å². The van der Waals surface area contributed by atoms with Crippen LogP contribution in [0, 0.1) is 6.92 Å². The molecule has 0 bridgehead atoms. The summed E-state index contributed by atoms with van der Waals surface area (Å²) in [5.74, 6) is 1.88. The molecule has 306 valence electrons. The van der Waals surface area contributed by atoms with Crippen LogP contribution in [0.15, 0.2) is 133 Å². The average Bonchev–Trinajstić information content (AvgIpc) is 3.26. The van der Waals surface area contributed by atoms with E-state index in [2.05, 4.69) is 56.6 Å². The van der Waals surface area contributed by atoms with Crippen molar-refractivity contribution < 1.29 is 19.0 Å². The number of nitrogens with zero attached hydrogens (tertiary/aromatic N) is 1. The Hall–Kier alpha value is -5.42. The molecule has 0 N–H and O–H groups in total. The SMILES string of the molecule is C=Cc1ccc(N=Cc2ccc(OCCCCCCCCCC)cc2)cc1.CCCCCCCCOc1ccc(C(=O)Oc2ccc(-c3ccc(C)cc3)cc2)cc1. The van der Waals surface area contributed by atoms with Gasteiger partial charge >= 0.3 is 5.97 Å². The monoisotopic (exact) mass is 779 g/mol. The number of carbonyl (C=O) groups excluding carboxylic acids is 1. The highest BCUT2D eigenvalue weighted by molar-refractivity contribution is 5.91. The van der Waals surface area contributed by atoms with Gasteiger partial charge in [-0.2, -0.15) is 0 Å². The Bertz CT molecular complexity index is 1880. The van der Waals surface area contributed by atoms with E-state index in [1.165, 1.54) is 82.6 Å². The molecule has 0 aliphatic rings. The summed E-state index contributed by atoms with van der Waals surface area (Å²) in [5, 5.41) is 0. The third-order valence-corrected chi connectivity index (χ3v) is 9.94. The smallest absolute Gasteiger partial charge is 0.343 e. The maximum atomic E-state index is 12.4. The lowest BCUT2D eigenvalue weighted by Crippen LogP contribution is -2.08. The van der Waals surface area contributed by atoms with Crippen LogP contribution in [-0.4, -0.2) is 25.4 Å². The molecule has 0 radical (unpaired) electrons. The number of ether oxygens (including phenoxy) is 3. The number of hydrogen-bond donors (Lipinski definition) is 0. The highest BCUT2D eigenvalue weighted by Crippen LogP contribution is 2.24. The van der Waals surface area contributed by atoms with Gasteiger partial charge in [-0.25, -0.2) is 4.79 Å². The maximum absolute atomic E-state index is 12.4. The minimum Gasteiger partial charge on any atom is -0.494 e. The molecule has 0 saturated heterocycles. The van der Waals surface area contributed by atoms with Gasteiger partial charge in [0, 0.05) is 6.21 Å². The van der Waals surface area contributed by atoms with Crippen molar-refractivity contribution >= 4 is 23.9 Å². The molecule has 0 unspecified atom stereocenters. The van der Waals surface area contributed by atoms with Crippen LogP contribution in [-0.2, 0) is 0 Å². The van der Waals surface area contributed by atoms with Crippen molar-refractivity contribution in [1.29, 1.82) is 0 Å². The van der Waals surface area contributed by atoms with Crippen molar-refractivity contribution in [2.24, 2.45) is 4.99 Å². The van der Waals surface area contributed by atoms with Crippen LogP contribution in [0.4, 0.5) is 5.69 Å². The van der Waals surface area contributed by atoms with Crippen molar-refractivity contribution in [3.63, 3.8) is 0 Å². The summed E-state index contributed by atoms with van der Waals surface area (Å²) in [6, 6.07) is 39.2. The number of benzene rings is 5. The first kappa shape index (κ1) is 45.3. The quantitative estimate of drug-likeness (QED) is 0.0271. The van der Waals surface area contributed by atoms with Gasteiger partial charge in [0.05, 0.1) is 24.5 Å². The van der Waals surface area contributed by atoms with Gasteiger partial charge < -0.3 is 14.2 Å². The summed E-state index contributed by atoms with van der Waals surface area (Å²) in [7, 11) is 0. The number of carbonyl (C=O) groups is 1. The Balaban J connectivity index is 0.000000259. The number of rotatable bonds is 24. The first-order valence-corrected chi connectivity index (χ1v) is 21.6. The fourth-order valence-corrected chi connectivity index (χ4v) is 6.31. The summed E-state index contributed by atoms with van der Waals surface area (Å²) in [5.41, 5.74) is 7.08. The molecule has 0 heterocycles. The normalized spacial score (nSPS) is 10.8. The Kier molecular flexibility index (Phi) is 21.3. The zero-order valence-corrected chi connectivity index (χ0v) is 35.3. The third kappa shape index (κ3) is 17.8. The second-order valence-electron chi connectivity index (χ2n) is 14.9. The molecule has 5 rings (SSSR count). The maximum Gasteiger partial charge on any atom is 0.343 e. The van der Waals surface area contributed by atoms with E-state index in [0.717, 1.165) is 58.9 Å². The van der Waals surface area contributed by atoms with Crippen LogP contribution in [0.25, 0.3) is 17.2 Å². The second-order valence-corrected chi connectivity index (χ2v) is 14.9. The minimum atomic E-state index is -0.370. The highest BCUT2D eigenvalue weighted by Gasteiger charge is 2.09. The molecule has 0 atom stereocenters. The third-order valence-electron chi connectivity index (χ3n) is 9.94. The van der Waals surface area contributed by atoms with Gasteiger partial charge in [-0.05, 0) is 115 Å². The molecular weight excluding hydrogens is 715 g/mol. The largest absolute Gasteiger partial charge is 0.494 e. The molecular formula is C53H65NO4. The molecule has 0 fully saturated rings. The molecule has 58 heavy (non-hydrogen) atoms. The summed E-state index contributed by atoms with van der Waals surface area (Å²) in [4.78, 5) is 16.9. The van der Waals surface area contributed by atoms with E-state index < -0.39 is 0 Å². The summed E-state index contributed by atoms with van der Waals surface area (Å²) in [6.07, 6.45) is 21.7. The van der Waals surface area contributed by atoms with Gasteiger partial charge in [0.15, 0.2) is 0 Å². The highest BCUT2D eigenvalue weighted by atomic mass is 16.5. The van der Waals surface area contributed by atoms with Crippen LogP contribution in [0.3, 0.4) is 0 Å². The lowest BCUT2D eigenvalue weighted by atomic mass is 10.0. The van der Waals surface area contributed by atoms with Gasteiger partial charge in [0.25, 0.3) is 0 Å². The molecule has 0 spiro atoms. The van der Waals surface area contributed by atoms with Crippen molar-refractivity contribution in [3.8, 4) is 28.4 Å². The van der Waals surface area contributed by atoms with E-state index in [-0.39, 0.29) is 5.97 Å². The van der Waals surface area contributed by atoms with E-state index in [4.69, 9.17) is 14.2 Å². The molecule has 0 aromatic heterocycles. The van der Waals surface area contributed by atoms with E-state index in [1.54, 1.807) is 12.1 Å². The van der Waals surface area contributed by atoms with E-state index in [9.17, 15) is 4.79 Å². The standard InChI is InChI=1S/C28H32O3.C25H33NO/c1-3-4-5-6-7-8-21-30-26-17-15-25(16-18-26)28(29)31-27-19-13-24(14-20-27)23-11-9-22(2)10-12-23;1-3-5-6-7-8-9-10-11-20-27-25-18-14-23(15-19-25)21-26-24-16-12-22(4-2)13-17-24/h9-20H,3-8,21H2,1-2H3;4,12-19,21H,2-3,5-11,20H2,1H3. The van der Waals surface area contributed by atoms with Gasteiger partial charge in [-0.15, -0.1) is 0 Å². The van der Waals surface area contributed by atoms with Gasteiger partial charge in [-0.3, -0.25) is 4.99 Å². The Labute approximate surface area is 349 Å². The summed E-state index contributed by atoms with van der Waals surface area (Å²) < 4.78 is 17.1. The molecule has 5 nitrogen and oxygen atoms in total. The molecule has 5 aromatic rings. The Morgan fingerprint density at radius 1 is 0.517 bits per heavy atom. The van der Waals surface area contributed by atoms with Crippen LogP contribution in [0.5, 0.6) is 17.2 Å². The predicted molar refractivity (Wildman–Crippen MR) is 245 cm³/mol. The zero-order chi connectivity index (χ0) is 41.0. The lowest BCUT2D eigenvalue weighted by molar-refractivity contribution is 0.0734. The minimum absolute atomic E-state index is 0.370. The Morgan fingerprint density at radius 3 is 1.45 bits per heavy atom. The van der Waals surface area contributed by atoms with Crippen molar-refractivity contribution in [3.05, 3.63) is 150 Å². The summed E-state index contributed by atoms with van der Waals surface area (Å²) >= 11 is 0. The first-order chi connectivity index (χ1) is 28.5. The van der Waals surface area contributed by atoms with Gasteiger partial charge in [0.1, 0.15) is 17.2 Å². The van der Waals surface area contributed by atoms with Gasteiger partial charge in [0.2, 0.25) is 0 Å². The molecule has 5 heteroatoms. The average molecular weight is 780 g/mol. The van der Waals surface area contributed by atoms with Crippen LogP contribution >= 0.6 is 0 Å². The summed E-state index contributed by atoms with van der Waals surface area (Å²) in [6.45, 7) is 11.8. The fraction of sp³-hybridized carbons (Fsp3) is 0.358. The molecule has 5 aromatic carbocycles.